The minimum absolute atomic E-state index is 0.0903. The van der Waals surface area contributed by atoms with E-state index in [1.54, 1.807) is 49.9 Å². The third-order valence-corrected chi connectivity index (χ3v) is 8.13. The average molecular weight is 544 g/mol. The molecule has 0 spiro atoms. The lowest BCUT2D eigenvalue weighted by atomic mass is 9.95. The Morgan fingerprint density at radius 3 is 2.78 bits per heavy atom. The Bertz CT molecular complexity index is 1300. The number of nitrogens with one attached hydrogen (secondary N) is 2. The van der Waals surface area contributed by atoms with E-state index in [0.29, 0.717) is 32.9 Å². The monoisotopic (exact) mass is 543 g/mol. The number of benzene rings is 1. The van der Waals surface area contributed by atoms with Gasteiger partial charge >= 0.3 is 5.97 Å². The standard InChI is InChI=1S/C25H29N5O5S2/c1-4-35-24(33)21-17-10-5-6-11-18(17)37-23(21)27-20(31)14-36-25-29-28-19(30(25)2)13-26-22(32)15-8-7-9-16(12-15)34-3/h7-9,12H,4-6,10-11,13-14H2,1-3H3,(H,26,32)(H,27,31). The molecule has 0 saturated carbocycles. The predicted molar refractivity (Wildman–Crippen MR) is 141 cm³/mol. The maximum Gasteiger partial charge on any atom is 0.341 e. The Hall–Kier alpha value is -3.38. The molecule has 2 heterocycles. The molecule has 0 radical (unpaired) electrons. The van der Waals surface area contributed by atoms with E-state index in [0.717, 1.165) is 36.1 Å². The van der Waals surface area contributed by atoms with Gasteiger partial charge in [-0.2, -0.15) is 0 Å². The summed E-state index contributed by atoms with van der Waals surface area (Å²) in [6, 6.07) is 6.87. The molecule has 2 N–H and O–H groups in total. The Morgan fingerprint density at radius 2 is 2.00 bits per heavy atom. The van der Waals surface area contributed by atoms with Crippen LogP contribution in [0.2, 0.25) is 0 Å². The molecule has 12 heteroatoms. The van der Waals surface area contributed by atoms with Crippen LogP contribution in [0.25, 0.3) is 0 Å². The van der Waals surface area contributed by atoms with Gasteiger partial charge in [0.1, 0.15) is 10.8 Å². The fraction of sp³-hybridized carbons (Fsp3) is 0.400. The Kier molecular flexibility index (Phi) is 8.82. The zero-order chi connectivity index (χ0) is 26.4. The molecular formula is C25H29N5O5S2. The van der Waals surface area contributed by atoms with Crippen LogP contribution in [0.4, 0.5) is 5.00 Å². The van der Waals surface area contributed by atoms with Crippen molar-refractivity contribution < 1.29 is 23.9 Å². The van der Waals surface area contributed by atoms with E-state index in [1.807, 2.05) is 0 Å². The number of carbonyl (C=O) groups excluding carboxylic acids is 3. The van der Waals surface area contributed by atoms with Crippen molar-refractivity contribution in [3.8, 4) is 5.75 Å². The SMILES string of the molecule is CCOC(=O)c1c(NC(=O)CSc2nnc(CNC(=O)c3cccc(OC)c3)n2C)sc2c1CCCC2. The topological polar surface area (TPSA) is 124 Å². The quantitative estimate of drug-likeness (QED) is 0.294. The van der Waals surface area contributed by atoms with Crippen molar-refractivity contribution in [3.63, 3.8) is 0 Å². The van der Waals surface area contributed by atoms with Gasteiger partial charge in [-0.25, -0.2) is 4.79 Å². The lowest BCUT2D eigenvalue weighted by molar-refractivity contribution is -0.113. The molecule has 0 bridgehead atoms. The number of thiophene rings is 1. The normalized spacial score (nSPS) is 12.5. The third kappa shape index (κ3) is 6.31. The summed E-state index contributed by atoms with van der Waals surface area (Å²) in [4.78, 5) is 39.0. The lowest BCUT2D eigenvalue weighted by Crippen LogP contribution is -2.24. The number of carbonyl (C=O) groups is 3. The first-order valence-electron chi connectivity index (χ1n) is 12.0. The van der Waals surface area contributed by atoms with Crippen LogP contribution in [-0.2, 0) is 36.0 Å². The number of hydrogen-bond acceptors (Lipinski definition) is 9. The van der Waals surface area contributed by atoms with Crippen LogP contribution in [0, 0.1) is 0 Å². The number of esters is 1. The molecule has 0 saturated heterocycles. The number of aromatic nitrogens is 3. The van der Waals surface area contributed by atoms with E-state index in [-0.39, 0.29) is 30.7 Å². The minimum atomic E-state index is -0.390. The highest BCUT2D eigenvalue weighted by atomic mass is 32.2. The molecule has 1 aliphatic carbocycles. The van der Waals surface area contributed by atoms with Crippen molar-refractivity contribution in [2.24, 2.45) is 7.05 Å². The van der Waals surface area contributed by atoms with Crippen LogP contribution in [0.5, 0.6) is 5.75 Å². The maximum atomic E-state index is 12.8. The fourth-order valence-electron chi connectivity index (χ4n) is 4.02. The summed E-state index contributed by atoms with van der Waals surface area (Å²) in [6.07, 6.45) is 3.83. The Morgan fingerprint density at radius 1 is 1.19 bits per heavy atom. The lowest BCUT2D eigenvalue weighted by Gasteiger charge is -2.12. The third-order valence-electron chi connectivity index (χ3n) is 5.90. The van der Waals surface area contributed by atoms with Crippen LogP contribution in [0.1, 0.15) is 56.7 Å². The van der Waals surface area contributed by atoms with Gasteiger partial charge in [0.25, 0.3) is 5.91 Å². The first kappa shape index (κ1) is 26.7. The first-order chi connectivity index (χ1) is 17.9. The van der Waals surface area contributed by atoms with E-state index in [1.165, 1.54) is 23.1 Å². The number of thioether (sulfide) groups is 1. The van der Waals surface area contributed by atoms with Crippen molar-refractivity contribution >= 4 is 45.9 Å². The second-order valence-electron chi connectivity index (χ2n) is 8.34. The molecule has 4 rings (SSSR count). The number of fused-ring (bicyclic) bond motifs is 1. The smallest absolute Gasteiger partial charge is 0.341 e. The van der Waals surface area contributed by atoms with Crippen LogP contribution in [-0.4, -0.2) is 52.0 Å². The van der Waals surface area contributed by atoms with Crippen molar-refractivity contribution in [3.05, 3.63) is 51.7 Å². The zero-order valence-electron chi connectivity index (χ0n) is 21.0. The molecular weight excluding hydrogens is 514 g/mol. The Balaban J connectivity index is 1.35. The molecule has 0 aliphatic heterocycles. The average Bonchev–Trinajstić information content (AvgIpc) is 3.45. The zero-order valence-corrected chi connectivity index (χ0v) is 22.6. The van der Waals surface area contributed by atoms with Gasteiger partial charge < -0.3 is 24.7 Å². The summed E-state index contributed by atoms with van der Waals surface area (Å²) in [7, 11) is 3.32. The van der Waals surface area contributed by atoms with Crippen LogP contribution in [0.3, 0.4) is 0 Å². The van der Waals surface area contributed by atoms with Crippen molar-refractivity contribution in [1.82, 2.24) is 20.1 Å². The van der Waals surface area contributed by atoms with Gasteiger partial charge in [0.15, 0.2) is 11.0 Å². The molecule has 2 aromatic heterocycles. The van der Waals surface area contributed by atoms with E-state index < -0.39 is 5.97 Å². The molecule has 10 nitrogen and oxygen atoms in total. The number of amides is 2. The molecule has 196 valence electrons. The van der Waals surface area contributed by atoms with Crippen molar-refractivity contribution in [2.45, 2.75) is 44.3 Å². The number of rotatable bonds is 10. The van der Waals surface area contributed by atoms with E-state index >= 15 is 0 Å². The highest BCUT2D eigenvalue weighted by Gasteiger charge is 2.27. The number of nitrogens with zero attached hydrogens (tertiary/aromatic N) is 3. The van der Waals surface area contributed by atoms with Gasteiger partial charge in [0.05, 0.1) is 31.6 Å². The number of anilines is 1. The van der Waals surface area contributed by atoms with Crippen molar-refractivity contribution in [2.75, 3.05) is 24.8 Å². The maximum absolute atomic E-state index is 12.8. The molecule has 37 heavy (non-hydrogen) atoms. The van der Waals surface area contributed by atoms with Crippen LogP contribution < -0.4 is 15.4 Å². The molecule has 1 aromatic carbocycles. The van der Waals surface area contributed by atoms with Crippen molar-refractivity contribution in [1.29, 1.82) is 0 Å². The summed E-state index contributed by atoms with van der Waals surface area (Å²) < 4.78 is 12.1. The van der Waals surface area contributed by atoms with Gasteiger partial charge in [-0.15, -0.1) is 21.5 Å². The van der Waals surface area contributed by atoms with Crippen LogP contribution >= 0.6 is 23.1 Å². The molecule has 3 aromatic rings. The highest BCUT2D eigenvalue weighted by Crippen LogP contribution is 2.38. The molecule has 0 atom stereocenters. The number of methoxy groups -OCH3 is 1. The van der Waals surface area contributed by atoms with E-state index in [4.69, 9.17) is 9.47 Å². The summed E-state index contributed by atoms with van der Waals surface area (Å²) in [5.74, 6) is 0.345. The van der Waals surface area contributed by atoms with E-state index in [2.05, 4.69) is 20.8 Å². The molecule has 0 fully saturated rings. The van der Waals surface area contributed by atoms with Gasteiger partial charge in [-0.1, -0.05) is 17.8 Å². The molecule has 1 aliphatic rings. The second-order valence-corrected chi connectivity index (χ2v) is 10.4. The summed E-state index contributed by atoms with van der Waals surface area (Å²) in [5.41, 5.74) is 1.98. The largest absolute Gasteiger partial charge is 0.497 e. The van der Waals surface area contributed by atoms with Gasteiger partial charge in [-0.05, 0) is 56.4 Å². The van der Waals surface area contributed by atoms with E-state index in [9.17, 15) is 14.4 Å². The molecule has 0 unspecified atom stereocenters. The number of aryl methyl sites for hydroxylation is 1. The Labute approximate surface area is 223 Å². The minimum Gasteiger partial charge on any atom is -0.497 e. The highest BCUT2D eigenvalue weighted by molar-refractivity contribution is 7.99. The number of hydrogen-bond donors (Lipinski definition) is 2. The summed E-state index contributed by atoms with van der Waals surface area (Å²) in [5, 5.41) is 15.1. The van der Waals surface area contributed by atoms with Gasteiger partial charge in [0.2, 0.25) is 5.91 Å². The van der Waals surface area contributed by atoms with Gasteiger partial charge in [0, 0.05) is 17.5 Å². The second kappa shape index (κ2) is 12.2. The summed E-state index contributed by atoms with van der Waals surface area (Å²) >= 11 is 2.69. The number of ether oxygens (including phenoxy) is 2. The molecule has 2 amide bonds. The van der Waals surface area contributed by atoms with Crippen LogP contribution in [0.15, 0.2) is 29.4 Å². The van der Waals surface area contributed by atoms with Gasteiger partial charge in [-0.3, -0.25) is 9.59 Å². The first-order valence-corrected chi connectivity index (χ1v) is 13.8. The fourth-order valence-corrected chi connectivity index (χ4v) is 6.04. The summed E-state index contributed by atoms with van der Waals surface area (Å²) in [6.45, 7) is 2.22. The predicted octanol–water partition coefficient (Wildman–Crippen LogP) is 3.60.